The van der Waals surface area contributed by atoms with Crippen molar-refractivity contribution in [3.05, 3.63) is 70.4 Å². The van der Waals surface area contributed by atoms with Crippen LogP contribution in [0.4, 0.5) is 5.69 Å². The highest BCUT2D eigenvalue weighted by Crippen LogP contribution is 2.30. The molecule has 0 aliphatic rings. The molecule has 27 heavy (non-hydrogen) atoms. The van der Waals surface area contributed by atoms with Gasteiger partial charge in [-0.15, -0.1) is 0 Å². The third-order valence-corrected chi connectivity index (χ3v) is 4.00. The predicted octanol–water partition coefficient (Wildman–Crippen LogP) is 4.34. The standard InChI is InChI=1S/C19H14N4O4/c1-11-2-7-15(17(24)8-11)18-21-16-9-14(10-20-19(16)22-18)27-13-5-3-12(4-6-13)23(25)26/h2-10,24H,1H3,(H,20,21,22). The first-order valence-electron chi connectivity index (χ1n) is 8.08. The number of ether oxygens (including phenoxy) is 1. The van der Waals surface area contributed by atoms with E-state index >= 15 is 0 Å². The number of hydrogen-bond donors (Lipinski definition) is 2. The molecule has 2 N–H and O–H groups in total. The summed E-state index contributed by atoms with van der Waals surface area (Å²) < 4.78 is 5.69. The van der Waals surface area contributed by atoms with E-state index in [2.05, 4.69) is 15.0 Å². The number of aromatic nitrogens is 3. The summed E-state index contributed by atoms with van der Waals surface area (Å²) in [4.78, 5) is 22.0. The van der Waals surface area contributed by atoms with Crippen molar-refractivity contribution in [3.8, 4) is 28.6 Å². The van der Waals surface area contributed by atoms with Gasteiger partial charge in [0.2, 0.25) is 0 Å². The zero-order chi connectivity index (χ0) is 19.0. The lowest BCUT2D eigenvalue weighted by atomic mass is 10.1. The molecule has 0 bridgehead atoms. The second-order valence-electron chi connectivity index (χ2n) is 6.00. The summed E-state index contributed by atoms with van der Waals surface area (Å²) in [6, 6.07) is 12.8. The number of benzene rings is 2. The van der Waals surface area contributed by atoms with Crippen LogP contribution < -0.4 is 4.74 Å². The van der Waals surface area contributed by atoms with Gasteiger partial charge in [0, 0.05) is 18.2 Å². The summed E-state index contributed by atoms with van der Waals surface area (Å²) in [6.45, 7) is 1.89. The molecule has 0 spiro atoms. The molecule has 0 fully saturated rings. The number of rotatable bonds is 4. The summed E-state index contributed by atoms with van der Waals surface area (Å²) in [5.41, 5.74) is 2.65. The van der Waals surface area contributed by atoms with Crippen molar-refractivity contribution in [2.75, 3.05) is 0 Å². The maximum Gasteiger partial charge on any atom is 0.269 e. The van der Waals surface area contributed by atoms with Gasteiger partial charge in [0.15, 0.2) is 5.65 Å². The highest BCUT2D eigenvalue weighted by atomic mass is 16.6. The van der Waals surface area contributed by atoms with Crippen molar-refractivity contribution in [3.63, 3.8) is 0 Å². The number of fused-ring (bicyclic) bond motifs is 1. The van der Waals surface area contributed by atoms with Crippen LogP contribution in [0.2, 0.25) is 0 Å². The molecule has 8 heteroatoms. The molecule has 0 radical (unpaired) electrons. The molecule has 2 aromatic carbocycles. The molecule has 2 aromatic heterocycles. The smallest absolute Gasteiger partial charge is 0.269 e. The molecule has 4 aromatic rings. The van der Waals surface area contributed by atoms with Crippen molar-refractivity contribution in [2.24, 2.45) is 0 Å². The van der Waals surface area contributed by atoms with Crippen molar-refractivity contribution >= 4 is 16.9 Å². The summed E-state index contributed by atoms with van der Waals surface area (Å²) >= 11 is 0. The molecule has 0 aliphatic carbocycles. The Bertz CT molecular complexity index is 1150. The highest BCUT2D eigenvalue weighted by molar-refractivity contribution is 5.78. The lowest BCUT2D eigenvalue weighted by Gasteiger charge is -2.04. The van der Waals surface area contributed by atoms with Gasteiger partial charge in [-0.05, 0) is 36.8 Å². The Kier molecular flexibility index (Phi) is 3.92. The third kappa shape index (κ3) is 3.28. The normalized spacial score (nSPS) is 10.9. The number of non-ortho nitro benzene ring substituents is 1. The minimum absolute atomic E-state index is 0.00737. The van der Waals surface area contributed by atoms with Gasteiger partial charge in [0.1, 0.15) is 23.1 Å². The van der Waals surface area contributed by atoms with Gasteiger partial charge < -0.3 is 14.8 Å². The quantitative estimate of drug-likeness (QED) is 0.412. The van der Waals surface area contributed by atoms with Crippen LogP contribution in [-0.4, -0.2) is 25.0 Å². The fourth-order valence-corrected chi connectivity index (χ4v) is 2.68. The third-order valence-electron chi connectivity index (χ3n) is 4.00. The number of H-pyrrole nitrogens is 1. The van der Waals surface area contributed by atoms with E-state index in [0.717, 1.165) is 5.56 Å². The molecule has 0 saturated heterocycles. The number of hydrogen-bond acceptors (Lipinski definition) is 6. The van der Waals surface area contributed by atoms with Crippen LogP contribution >= 0.6 is 0 Å². The highest BCUT2D eigenvalue weighted by Gasteiger charge is 2.12. The second-order valence-corrected chi connectivity index (χ2v) is 6.00. The van der Waals surface area contributed by atoms with Gasteiger partial charge in [-0.2, -0.15) is 0 Å². The number of phenols is 1. The van der Waals surface area contributed by atoms with Crippen LogP contribution in [-0.2, 0) is 0 Å². The summed E-state index contributed by atoms with van der Waals surface area (Å²) in [5.74, 6) is 1.55. The van der Waals surface area contributed by atoms with E-state index in [9.17, 15) is 15.2 Å². The van der Waals surface area contributed by atoms with Crippen LogP contribution in [0, 0.1) is 17.0 Å². The van der Waals surface area contributed by atoms with E-state index in [1.807, 2.05) is 13.0 Å². The van der Waals surface area contributed by atoms with E-state index in [4.69, 9.17) is 4.74 Å². The van der Waals surface area contributed by atoms with E-state index in [-0.39, 0.29) is 11.4 Å². The Morgan fingerprint density at radius 1 is 1.11 bits per heavy atom. The molecule has 0 amide bonds. The number of pyridine rings is 1. The molecule has 0 saturated carbocycles. The number of nitro benzene ring substituents is 1. The second kappa shape index (κ2) is 6.41. The van der Waals surface area contributed by atoms with Gasteiger partial charge in [-0.25, -0.2) is 9.97 Å². The fraction of sp³-hybridized carbons (Fsp3) is 0.0526. The number of nitrogens with one attached hydrogen (secondary N) is 1. The summed E-state index contributed by atoms with van der Waals surface area (Å²) in [5, 5.41) is 20.8. The number of aryl methyl sites for hydroxylation is 1. The Morgan fingerprint density at radius 2 is 1.89 bits per heavy atom. The first kappa shape index (κ1) is 16.5. The lowest BCUT2D eigenvalue weighted by molar-refractivity contribution is -0.384. The molecule has 0 atom stereocenters. The largest absolute Gasteiger partial charge is 0.507 e. The number of aromatic hydroxyl groups is 1. The average molecular weight is 362 g/mol. The topological polar surface area (TPSA) is 114 Å². The molecule has 0 aliphatic heterocycles. The number of phenolic OH excluding ortho intramolecular Hbond substituents is 1. The summed E-state index contributed by atoms with van der Waals surface area (Å²) in [7, 11) is 0. The van der Waals surface area contributed by atoms with Gasteiger partial charge in [-0.3, -0.25) is 10.1 Å². The minimum Gasteiger partial charge on any atom is -0.507 e. The lowest BCUT2D eigenvalue weighted by Crippen LogP contribution is -1.89. The van der Waals surface area contributed by atoms with Crippen LogP contribution in [0.3, 0.4) is 0 Å². The van der Waals surface area contributed by atoms with Gasteiger partial charge in [0.25, 0.3) is 5.69 Å². The fourth-order valence-electron chi connectivity index (χ4n) is 2.68. The van der Waals surface area contributed by atoms with Crippen molar-refractivity contribution in [1.29, 1.82) is 0 Å². The number of imidazole rings is 1. The maximum atomic E-state index is 10.7. The molecule has 8 nitrogen and oxygen atoms in total. The predicted molar refractivity (Wildman–Crippen MR) is 98.9 cm³/mol. The Labute approximate surface area is 153 Å². The van der Waals surface area contributed by atoms with Crippen molar-refractivity contribution < 1.29 is 14.8 Å². The Balaban J connectivity index is 1.63. The zero-order valence-corrected chi connectivity index (χ0v) is 14.2. The Morgan fingerprint density at radius 3 is 2.59 bits per heavy atom. The SMILES string of the molecule is Cc1ccc(-c2nc3ncc(Oc4ccc([N+](=O)[O-])cc4)cc3[nH]2)c(O)c1. The maximum absolute atomic E-state index is 10.7. The first-order valence-corrected chi connectivity index (χ1v) is 8.08. The molecular weight excluding hydrogens is 348 g/mol. The minimum atomic E-state index is -0.468. The van der Waals surface area contributed by atoms with Gasteiger partial charge >= 0.3 is 0 Å². The van der Waals surface area contributed by atoms with Crippen LogP contribution in [0.25, 0.3) is 22.6 Å². The van der Waals surface area contributed by atoms with Crippen molar-refractivity contribution in [2.45, 2.75) is 6.92 Å². The van der Waals surface area contributed by atoms with E-state index in [0.29, 0.717) is 34.1 Å². The zero-order valence-electron chi connectivity index (χ0n) is 14.2. The molecule has 134 valence electrons. The summed E-state index contributed by atoms with van der Waals surface area (Å²) in [6.07, 6.45) is 1.52. The molecule has 0 unspecified atom stereocenters. The van der Waals surface area contributed by atoms with Crippen molar-refractivity contribution in [1.82, 2.24) is 15.0 Å². The first-order chi connectivity index (χ1) is 13.0. The van der Waals surface area contributed by atoms with Crippen LogP contribution in [0.1, 0.15) is 5.56 Å². The number of nitro groups is 1. The molecule has 4 rings (SSSR count). The van der Waals surface area contributed by atoms with E-state index < -0.39 is 4.92 Å². The molecular formula is C19H14N4O4. The number of nitrogens with zero attached hydrogens (tertiary/aromatic N) is 3. The van der Waals surface area contributed by atoms with Crippen LogP contribution in [0.15, 0.2) is 54.7 Å². The number of aromatic amines is 1. The van der Waals surface area contributed by atoms with E-state index in [1.54, 1.807) is 18.2 Å². The molecule has 2 heterocycles. The average Bonchev–Trinajstić information content (AvgIpc) is 3.05. The Hall–Kier alpha value is -3.94. The van der Waals surface area contributed by atoms with E-state index in [1.165, 1.54) is 30.5 Å². The van der Waals surface area contributed by atoms with Gasteiger partial charge in [0.05, 0.1) is 22.2 Å². The van der Waals surface area contributed by atoms with Gasteiger partial charge in [-0.1, -0.05) is 6.07 Å². The van der Waals surface area contributed by atoms with Crippen LogP contribution in [0.5, 0.6) is 17.2 Å². The monoisotopic (exact) mass is 362 g/mol.